The maximum atomic E-state index is 13.3. The highest BCUT2D eigenvalue weighted by atomic mass is 35.5. The van der Waals surface area contributed by atoms with Gasteiger partial charge in [-0.05, 0) is 53.9 Å². The largest absolute Gasteiger partial charge is 0.321 e. The Morgan fingerprint density at radius 1 is 1.15 bits per heavy atom. The second-order valence-electron chi connectivity index (χ2n) is 5.53. The standard InChI is InChI=1S/C18H14ClFN2O3S2/c1-22(15-7-5-12(19)6-8-15)27(24,25)16-9-10-26-17(16)18(23)21-14-4-2-3-13(20)11-14/h2-11H,1H3,(H,21,23). The molecule has 0 aliphatic heterocycles. The van der Waals surface area contributed by atoms with Crippen molar-refractivity contribution in [2.75, 3.05) is 16.7 Å². The third kappa shape index (κ3) is 4.13. The number of carbonyl (C=O) groups excluding carboxylic acids is 1. The number of carbonyl (C=O) groups is 1. The molecular formula is C18H14ClFN2O3S2. The van der Waals surface area contributed by atoms with Crippen LogP contribution in [0.5, 0.6) is 0 Å². The number of benzene rings is 2. The monoisotopic (exact) mass is 424 g/mol. The summed E-state index contributed by atoms with van der Waals surface area (Å²) >= 11 is 6.83. The maximum absolute atomic E-state index is 13.3. The van der Waals surface area contributed by atoms with Crippen molar-refractivity contribution >= 4 is 50.2 Å². The van der Waals surface area contributed by atoms with E-state index < -0.39 is 21.7 Å². The van der Waals surface area contributed by atoms with Crippen molar-refractivity contribution in [1.82, 2.24) is 0 Å². The minimum Gasteiger partial charge on any atom is -0.321 e. The quantitative estimate of drug-likeness (QED) is 0.650. The SMILES string of the molecule is CN(c1ccc(Cl)cc1)S(=O)(=O)c1ccsc1C(=O)Nc1cccc(F)c1. The highest BCUT2D eigenvalue weighted by Crippen LogP contribution is 2.29. The Kier molecular flexibility index (Phi) is 5.50. The van der Waals surface area contributed by atoms with Gasteiger partial charge in [0.1, 0.15) is 15.6 Å². The van der Waals surface area contributed by atoms with Crippen molar-refractivity contribution in [1.29, 1.82) is 0 Å². The van der Waals surface area contributed by atoms with Gasteiger partial charge in [-0.1, -0.05) is 17.7 Å². The van der Waals surface area contributed by atoms with Crippen LogP contribution in [0.2, 0.25) is 5.02 Å². The first-order chi connectivity index (χ1) is 12.8. The van der Waals surface area contributed by atoms with Gasteiger partial charge >= 0.3 is 0 Å². The van der Waals surface area contributed by atoms with E-state index in [1.807, 2.05) is 0 Å². The molecule has 0 radical (unpaired) electrons. The lowest BCUT2D eigenvalue weighted by molar-refractivity contribution is 0.102. The summed E-state index contributed by atoms with van der Waals surface area (Å²) in [6, 6.07) is 13.0. The summed E-state index contributed by atoms with van der Waals surface area (Å²) < 4.78 is 40.3. The molecule has 1 aromatic heterocycles. The van der Waals surface area contributed by atoms with Crippen LogP contribution in [0.1, 0.15) is 9.67 Å². The Balaban J connectivity index is 1.90. The molecule has 140 valence electrons. The van der Waals surface area contributed by atoms with Crippen LogP contribution >= 0.6 is 22.9 Å². The summed E-state index contributed by atoms with van der Waals surface area (Å²) in [6.07, 6.45) is 0. The normalized spacial score (nSPS) is 11.2. The minimum absolute atomic E-state index is 0.0140. The van der Waals surface area contributed by atoms with Crippen molar-refractivity contribution in [2.24, 2.45) is 0 Å². The smallest absolute Gasteiger partial charge is 0.267 e. The van der Waals surface area contributed by atoms with Crippen molar-refractivity contribution in [2.45, 2.75) is 4.90 Å². The molecule has 1 heterocycles. The predicted molar refractivity (Wildman–Crippen MR) is 106 cm³/mol. The van der Waals surface area contributed by atoms with Crippen molar-refractivity contribution < 1.29 is 17.6 Å². The molecule has 1 amide bonds. The molecule has 0 saturated heterocycles. The van der Waals surface area contributed by atoms with E-state index in [9.17, 15) is 17.6 Å². The third-order valence-corrected chi connectivity index (χ3v) is 6.87. The third-order valence-electron chi connectivity index (χ3n) is 3.75. The van der Waals surface area contributed by atoms with Gasteiger partial charge in [0.15, 0.2) is 0 Å². The van der Waals surface area contributed by atoms with Gasteiger partial charge in [0.25, 0.3) is 15.9 Å². The van der Waals surface area contributed by atoms with Gasteiger partial charge in [-0.3, -0.25) is 9.10 Å². The predicted octanol–water partition coefficient (Wildman–Crippen LogP) is 4.62. The molecule has 0 aliphatic rings. The highest BCUT2D eigenvalue weighted by Gasteiger charge is 2.28. The minimum atomic E-state index is -3.97. The van der Waals surface area contributed by atoms with Crippen LogP contribution in [-0.2, 0) is 10.0 Å². The molecule has 0 fully saturated rings. The number of rotatable bonds is 5. The van der Waals surface area contributed by atoms with Gasteiger partial charge in [-0.2, -0.15) is 0 Å². The lowest BCUT2D eigenvalue weighted by Gasteiger charge is -2.19. The summed E-state index contributed by atoms with van der Waals surface area (Å²) in [6.45, 7) is 0. The van der Waals surface area contributed by atoms with Crippen LogP contribution in [-0.4, -0.2) is 21.4 Å². The number of nitrogens with one attached hydrogen (secondary N) is 1. The van der Waals surface area contributed by atoms with E-state index in [1.54, 1.807) is 24.3 Å². The number of halogens is 2. The molecule has 0 spiro atoms. The molecule has 5 nitrogen and oxygen atoms in total. The van der Waals surface area contributed by atoms with Crippen molar-refractivity contribution in [3.05, 3.63) is 75.7 Å². The van der Waals surface area contributed by atoms with Crippen LogP contribution in [0.4, 0.5) is 15.8 Å². The lowest BCUT2D eigenvalue weighted by Crippen LogP contribution is -2.28. The van der Waals surface area contributed by atoms with E-state index in [0.29, 0.717) is 10.7 Å². The average Bonchev–Trinajstić information content (AvgIpc) is 3.12. The van der Waals surface area contributed by atoms with Gasteiger partial charge < -0.3 is 5.32 Å². The topological polar surface area (TPSA) is 66.5 Å². The van der Waals surface area contributed by atoms with Crippen LogP contribution < -0.4 is 9.62 Å². The number of amides is 1. The fourth-order valence-corrected chi connectivity index (χ4v) is 4.97. The summed E-state index contributed by atoms with van der Waals surface area (Å²) in [5.41, 5.74) is 0.643. The highest BCUT2D eigenvalue weighted by molar-refractivity contribution is 7.93. The number of thiophene rings is 1. The van der Waals surface area contributed by atoms with E-state index in [1.165, 1.54) is 36.7 Å². The van der Waals surface area contributed by atoms with E-state index in [2.05, 4.69) is 5.32 Å². The molecule has 0 bridgehead atoms. The van der Waals surface area contributed by atoms with Crippen LogP contribution in [0.25, 0.3) is 0 Å². The van der Waals surface area contributed by atoms with E-state index in [0.717, 1.165) is 21.7 Å². The molecule has 2 aromatic carbocycles. The number of sulfonamides is 1. The molecule has 0 atom stereocenters. The Morgan fingerprint density at radius 2 is 1.85 bits per heavy atom. The summed E-state index contributed by atoms with van der Waals surface area (Å²) in [5.74, 6) is -1.13. The fraction of sp³-hybridized carbons (Fsp3) is 0.0556. The summed E-state index contributed by atoms with van der Waals surface area (Å²) in [5, 5.41) is 4.51. The molecule has 3 rings (SSSR count). The Hall–Kier alpha value is -2.42. The number of anilines is 2. The Morgan fingerprint density at radius 3 is 2.52 bits per heavy atom. The Labute approximate surface area is 165 Å². The van der Waals surface area contributed by atoms with Gasteiger partial charge in [0.2, 0.25) is 0 Å². The number of nitrogens with zero attached hydrogens (tertiary/aromatic N) is 1. The molecule has 9 heteroatoms. The van der Waals surface area contributed by atoms with Crippen molar-refractivity contribution in [3.8, 4) is 0 Å². The number of hydrogen-bond acceptors (Lipinski definition) is 4. The molecular weight excluding hydrogens is 411 g/mol. The molecule has 0 aliphatic carbocycles. The van der Waals surface area contributed by atoms with E-state index in [-0.39, 0.29) is 15.5 Å². The molecule has 1 N–H and O–H groups in total. The molecule has 0 saturated carbocycles. The first-order valence-corrected chi connectivity index (χ1v) is 10.4. The van der Waals surface area contributed by atoms with E-state index in [4.69, 9.17) is 11.6 Å². The van der Waals surface area contributed by atoms with Gasteiger partial charge in [-0.25, -0.2) is 12.8 Å². The number of hydrogen-bond donors (Lipinski definition) is 1. The van der Waals surface area contributed by atoms with Crippen LogP contribution in [0.15, 0.2) is 64.9 Å². The average molecular weight is 425 g/mol. The molecule has 0 unspecified atom stereocenters. The lowest BCUT2D eigenvalue weighted by atomic mass is 10.3. The molecule has 3 aromatic rings. The fourth-order valence-electron chi connectivity index (χ4n) is 2.36. The second-order valence-corrected chi connectivity index (χ2v) is 8.82. The zero-order valence-electron chi connectivity index (χ0n) is 14.0. The van der Waals surface area contributed by atoms with E-state index >= 15 is 0 Å². The van der Waals surface area contributed by atoms with Gasteiger partial charge in [-0.15, -0.1) is 11.3 Å². The summed E-state index contributed by atoms with van der Waals surface area (Å²) in [7, 11) is -2.58. The first-order valence-electron chi connectivity index (χ1n) is 7.68. The van der Waals surface area contributed by atoms with Crippen molar-refractivity contribution in [3.63, 3.8) is 0 Å². The second kappa shape index (κ2) is 7.67. The maximum Gasteiger partial charge on any atom is 0.267 e. The Bertz CT molecular complexity index is 1080. The van der Waals surface area contributed by atoms with Gasteiger partial charge in [0, 0.05) is 17.8 Å². The van der Waals surface area contributed by atoms with Gasteiger partial charge in [0.05, 0.1) is 5.69 Å². The van der Waals surface area contributed by atoms with Crippen LogP contribution in [0.3, 0.4) is 0 Å². The zero-order chi connectivity index (χ0) is 19.6. The van der Waals surface area contributed by atoms with Crippen LogP contribution in [0, 0.1) is 5.82 Å². The zero-order valence-corrected chi connectivity index (χ0v) is 16.4. The first kappa shape index (κ1) is 19.3. The molecule has 27 heavy (non-hydrogen) atoms. The summed E-state index contributed by atoms with van der Waals surface area (Å²) in [4.78, 5) is 12.4.